The largest absolute Gasteiger partial charge is 0.377 e. The minimum atomic E-state index is 0.464. The molecular weight excluding hydrogens is 212 g/mol. The Morgan fingerprint density at radius 2 is 2.13 bits per heavy atom. The van der Waals surface area contributed by atoms with E-state index in [1.165, 1.54) is 6.33 Å². The zero-order chi connectivity index (χ0) is 10.5. The van der Waals surface area contributed by atoms with E-state index in [2.05, 4.69) is 20.3 Å². The summed E-state index contributed by atoms with van der Waals surface area (Å²) in [5.41, 5.74) is 1.71. The molecular formula is C10H9ClN4. The van der Waals surface area contributed by atoms with Crippen molar-refractivity contribution in [1.82, 2.24) is 15.0 Å². The predicted molar refractivity (Wildman–Crippen MR) is 58.6 cm³/mol. The van der Waals surface area contributed by atoms with Crippen molar-refractivity contribution in [3.05, 3.63) is 47.8 Å². The number of anilines is 1. The number of hydrogen-bond donors (Lipinski definition) is 1. The molecule has 76 valence electrons. The average molecular weight is 221 g/mol. The number of aromatic nitrogens is 3. The van der Waals surface area contributed by atoms with Crippen LogP contribution in [0.15, 0.2) is 36.9 Å². The number of hydrogen-bond acceptors (Lipinski definition) is 4. The third-order valence-electron chi connectivity index (χ3n) is 1.86. The minimum Gasteiger partial charge on any atom is -0.377 e. The molecule has 0 fully saturated rings. The van der Waals surface area contributed by atoms with Crippen molar-refractivity contribution >= 4 is 17.3 Å². The smallest absolute Gasteiger partial charge is 0.152 e. The highest BCUT2D eigenvalue weighted by Crippen LogP contribution is 2.17. The predicted octanol–water partition coefficient (Wildman–Crippen LogP) is 2.14. The van der Waals surface area contributed by atoms with Gasteiger partial charge in [-0.15, -0.1) is 0 Å². The molecule has 0 aromatic carbocycles. The van der Waals surface area contributed by atoms with Crippen LogP contribution < -0.4 is 5.32 Å². The molecule has 0 aliphatic heterocycles. The van der Waals surface area contributed by atoms with Crippen LogP contribution >= 0.6 is 11.6 Å². The van der Waals surface area contributed by atoms with Crippen LogP contribution in [0.1, 0.15) is 5.69 Å². The SMILES string of the molecule is Clc1ncccc1NCc1ccncn1. The van der Waals surface area contributed by atoms with Crippen LogP contribution in [0.4, 0.5) is 5.69 Å². The van der Waals surface area contributed by atoms with E-state index in [1.807, 2.05) is 18.2 Å². The van der Waals surface area contributed by atoms with Crippen LogP contribution in [-0.4, -0.2) is 15.0 Å². The van der Waals surface area contributed by atoms with E-state index in [0.717, 1.165) is 11.4 Å². The number of rotatable bonds is 3. The monoisotopic (exact) mass is 220 g/mol. The molecule has 4 nitrogen and oxygen atoms in total. The first kappa shape index (κ1) is 9.86. The second-order valence-electron chi connectivity index (χ2n) is 2.90. The number of nitrogens with zero attached hydrogens (tertiary/aromatic N) is 3. The number of pyridine rings is 1. The molecule has 5 heteroatoms. The maximum Gasteiger partial charge on any atom is 0.152 e. The zero-order valence-corrected chi connectivity index (χ0v) is 8.65. The van der Waals surface area contributed by atoms with Gasteiger partial charge in [0.15, 0.2) is 5.15 Å². The fourth-order valence-corrected chi connectivity index (χ4v) is 1.31. The molecule has 2 heterocycles. The van der Waals surface area contributed by atoms with Gasteiger partial charge < -0.3 is 5.32 Å². The maximum absolute atomic E-state index is 5.88. The second-order valence-corrected chi connectivity index (χ2v) is 3.25. The van der Waals surface area contributed by atoms with E-state index in [0.29, 0.717) is 11.7 Å². The molecule has 0 radical (unpaired) electrons. The Labute approximate surface area is 92.4 Å². The minimum absolute atomic E-state index is 0.464. The van der Waals surface area contributed by atoms with Crippen molar-refractivity contribution in [2.45, 2.75) is 6.54 Å². The Balaban J connectivity index is 2.03. The summed E-state index contributed by atoms with van der Waals surface area (Å²) in [7, 11) is 0. The van der Waals surface area contributed by atoms with Gasteiger partial charge >= 0.3 is 0 Å². The highest BCUT2D eigenvalue weighted by atomic mass is 35.5. The molecule has 0 aliphatic carbocycles. The standard InChI is InChI=1S/C10H9ClN4/c11-10-9(2-1-4-13-10)14-6-8-3-5-12-7-15-8/h1-5,7,14H,6H2. The van der Waals surface area contributed by atoms with Crippen molar-refractivity contribution < 1.29 is 0 Å². The molecule has 0 spiro atoms. The van der Waals surface area contributed by atoms with Gasteiger partial charge in [0.25, 0.3) is 0 Å². The van der Waals surface area contributed by atoms with E-state index < -0.39 is 0 Å². The molecule has 0 unspecified atom stereocenters. The van der Waals surface area contributed by atoms with Gasteiger partial charge in [0.2, 0.25) is 0 Å². The molecule has 15 heavy (non-hydrogen) atoms. The molecule has 0 amide bonds. The summed E-state index contributed by atoms with van der Waals surface area (Å²) in [4.78, 5) is 11.9. The summed E-state index contributed by atoms with van der Waals surface area (Å²) in [6.45, 7) is 0.605. The van der Waals surface area contributed by atoms with Crippen LogP contribution in [0.25, 0.3) is 0 Å². The van der Waals surface area contributed by atoms with Crippen molar-refractivity contribution in [3.8, 4) is 0 Å². The summed E-state index contributed by atoms with van der Waals surface area (Å²) < 4.78 is 0. The lowest BCUT2D eigenvalue weighted by Gasteiger charge is -2.06. The Bertz CT molecular complexity index is 432. The summed E-state index contributed by atoms with van der Waals surface area (Å²) >= 11 is 5.88. The van der Waals surface area contributed by atoms with Crippen molar-refractivity contribution in [1.29, 1.82) is 0 Å². The first-order valence-electron chi connectivity index (χ1n) is 4.45. The van der Waals surface area contributed by atoms with Crippen LogP contribution in [0, 0.1) is 0 Å². The Hall–Kier alpha value is -1.68. The fourth-order valence-electron chi connectivity index (χ4n) is 1.13. The first-order valence-corrected chi connectivity index (χ1v) is 4.83. The molecule has 2 aromatic rings. The van der Waals surface area contributed by atoms with Crippen LogP contribution in [0.3, 0.4) is 0 Å². The Kier molecular flexibility index (Phi) is 3.09. The van der Waals surface area contributed by atoms with Crippen molar-refractivity contribution in [2.75, 3.05) is 5.32 Å². The molecule has 0 bridgehead atoms. The quantitative estimate of drug-likeness (QED) is 0.806. The lowest BCUT2D eigenvalue weighted by Crippen LogP contribution is -2.02. The summed E-state index contributed by atoms with van der Waals surface area (Å²) in [5.74, 6) is 0. The van der Waals surface area contributed by atoms with Gasteiger partial charge in [-0.1, -0.05) is 11.6 Å². The summed E-state index contributed by atoms with van der Waals surface area (Å²) in [6.07, 6.45) is 4.87. The summed E-state index contributed by atoms with van der Waals surface area (Å²) in [5, 5.41) is 3.61. The van der Waals surface area contributed by atoms with Gasteiger partial charge in [-0.2, -0.15) is 0 Å². The van der Waals surface area contributed by atoms with Gasteiger partial charge in [0.05, 0.1) is 17.9 Å². The number of halogens is 1. The average Bonchev–Trinajstić information content (AvgIpc) is 2.29. The fraction of sp³-hybridized carbons (Fsp3) is 0.100. The third kappa shape index (κ3) is 2.63. The molecule has 0 atom stereocenters. The lowest BCUT2D eigenvalue weighted by molar-refractivity contribution is 1.00. The van der Waals surface area contributed by atoms with Gasteiger partial charge in [-0.05, 0) is 18.2 Å². The lowest BCUT2D eigenvalue weighted by atomic mass is 10.3. The molecule has 0 aliphatic rings. The van der Waals surface area contributed by atoms with Crippen LogP contribution in [0.5, 0.6) is 0 Å². The molecule has 2 rings (SSSR count). The summed E-state index contributed by atoms with van der Waals surface area (Å²) in [6, 6.07) is 5.54. The van der Waals surface area contributed by atoms with E-state index in [4.69, 9.17) is 11.6 Å². The topological polar surface area (TPSA) is 50.7 Å². The molecule has 0 saturated heterocycles. The van der Waals surface area contributed by atoms with Gasteiger partial charge in [0, 0.05) is 12.4 Å². The van der Waals surface area contributed by atoms with E-state index in [9.17, 15) is 0 Å². The highest BCUT2D eigenvalue weighted by Gasteiger charge is 1.99. The first-order chi connectivity index (χ1) is 7.36. The van der Waals surface area contributed by atoms with E-state index in [-0.39, 0.29) is 0 Å². The van der Waals surface area contributed by atoms with Crippen LogP contribution in [-0.2, 0) is 6.54 Å². The Morgan fingerprint density at radius 1 is 1.20 bits per heavy atom. The van der Waals surface area contributed by atoms with Gasteiger partial charge in [0.1, 0.15) is 6.33 Å². The van der Waals surface area contributed by atoms with Gasteiger partial charge in [-0.3, -0.25) is 0 Å². The van der Waals surface area contributed by atoms with Gasteiger partial charge in [-0.25, -0.2) is 15.0 Å². The normalized spacial score (nSPS) is 9.93. The second kappa shape index (κ2) is 4.70. The Morgan fingerprint density at radius 3 is 2.87 bits per heavy atom. The van der Waals surface area contributed by atoms with Crippen LogP contribution in [0.2, 0.25) is 5.15 Å². The van der Waals surface area contributed by atoms with Crippen molar-refractivity contribution in [2.24, 2.45) is 0 Å². The maximum atomic E-state index is 5.88. The third-order valence-corrected chi connectivity index (χ3v) is 2.16. The van der Waals surface area contributed by atoms with E-state index >= 15 is 0 Å². The zero-order valence-electron chi connectivity index (χ0n) is 7.89. The van der Waals surface area contributed by atoms with E-state index in [1.54, 1.807) is 12.4 Å². The molecule has 1 N–H and O–H groups in total. The van der Waals surface area contributed by atoms with Crippen molar-refractivity contribution in [3.63, 3.8) is 0 Å². The highest BCUT2D eigenvalue weighted by molar-refractivity contribution is 6.31. The molecule has 2 aromatic heterocycles. The molecule has 0 saturated carbocycles. The number of nitrogens with one attached hydrogen (secondary N) is 1.